The molecule has 2 aromatic rings. The topological polar surface area (TPSA) is 116 Å². The maximum absolute atomic E-state index is 12.7. The molecule has 4 N–H and O–H groups in total. The van der Waals surface area contributed by atoms with Gasteiger partial charge in [-0.3, -0.25) is 9.97 Å². The van der Waals surface area contributed by atoms with Gasteiger partial charge in [0.15, 0.2) is 11.6 Å². The average Bonchev–Trinajstić information content (AvgIpc) is 2.57. The monoisotopic (exact) mass is 386 g/mol. The molecule has 0 aliphatic heterocycles. The Hall–Kier alpha value is -3.06. The summed E-state index contributed by atoms with van der Waals surface area (Å²) in [5, 5.41) is 4.07. The van der Waals surface area contributed by atoms with Crippen LogP contribution in [0.1, 0.15) is 0 Å². The Labute approximate surface area is 140 Å². The van der Waals surface area contributed by atoms with Gasteiger partial charge in [-0.15, -0.1) is 0 Å². The van der Waals surface area contributed by atoms with E-state index in [9.17, 15) is 35.9 Å². The number of hydrogen-bond acceptors (Lipinski definition) is 6. The lowest BCUT2D eigenvalue weighted by atomic mass is 10.5. The Kier molecular flexibility index (Phi) is 8.11. The molecular weight excluding hydrogens is 374 g/mol. The van der Waals surface area contributed by atoms with E-state index >= 15 is 0 Å². The molecule has 0 aliphatic carbocycles. The van der Waals surface area contributed by atoms with Gasteiger partial charge in [-0.05, 0) is 0 Å². The first-order valence-corrected chi connectivity index (χ1v) is 6.72. The summed E-state index contributed by atoms with van der Waals surface area (Å²) in [5.74, 6) is -2.50. The molecule has 0 saturated carbocycles. The Balaban J connectivity index is 0.000000260. The van der Waals surface area contributed by atoms with Gasteiger partial charge in [0.05, 0.1) is 25.5 Å². The third kappa shape index (κ3) is 7.67. The van der Waals surface area contributed by atoms with Crippen molar-refractivity contribution < 1.29 is 26.3 Å². The van der Waals surface area contributed by atoms with Gasteiger partial charge in [0.2, 0.25) is 0 Å². The summed E-state index contributed by atoms with van der Waals surface area (Å²) in [6.07, 6.45) is -3.91. The third-order valence-electron chi connectivity index (χ3n) is 2.40. The minimum Gasteiger partial charge on any atom is -0.363 e. The van der Waals surface area contributed by atoms with E-state index in [1.807, 2.05) is 20.6 Å². The van der Waals surface area contributed by atoms with Crippen molar-refractivity contribution in [2.45, 2.75) is 12.9 Å². The first-order chi connectivity index (χ1) is 12.2. The molecule has 144 valence electrons. The quantitative estimate of drug-likeness (QED) is 0.554. The molecule has 14 heteroatoms. The highest BCUT2D eigenvalue weighted by Crippen LogP contribution is 2.06. The van der Waals surface area contributed by atoms with E-state index in [0.717, 1.165) is 0 Å². The minimum absolute atomic E-state index is 0.375. The highest BCUT2D eigenvalue weighted by molar-refractivity contribution is 5.34. The number of alkyl halides is 4. The van der Waals surface area contributed by atoms with E-state index in [0.29, 0.717) is 12.4 Å². The maximum Gasteiger partial charge on any atom is 0.346 e. The predicted octanol–water partition coefficient (Wildman–Crippen LogP) is 1.17. The van der Waals surface area contributed by atoms with Crippen molar-refractivity contribution in [3.05, 3.63) is 45.0 Å². The largest absolute Gasteiger partial charge is 0.363 e. The SMILES string of the molecule is O=c1ncc(F)c(NCC(F)F)[nH]1.O=c1ncc(F)c(NCC(F)F)[nH]1. The number of hydrogen-bond donors (Lipinski definition) is 4. The Bertz CT molecular complexity index is 744. The molecule has 8 nitrogen and oxygen atoms in total. The van der Waals surface area contributed by atoms with Gasteiger partial charge in [-0.25, -0.2) is 35.9 Å². The molecule has 2 aromatic heterocycles. The molecule has 0 amide bonds. The zero-order valence-electron chi connectivity index (χ0n) is 12.7. The van der Waals surface area contributed by atoms with E-state index in [4.69, 9.17) is 0 Å². The van der Waals surface area contributed by atoms with Crippen LogP contribution in [0.4, 0.5) is 38.0 Å². The number of H-pyrrole nitrogens is 2. The second-order valence-electron chi connectivity index (χ2n) is 4.37. The molecule has 0 unspecified atom stereocenters. The summed E-state index contributed by atoms with van der Waals surface area (Å²) >= 11 is 0. The first kappa shape index (κ1) is 21.0. The van der Waals surface area contributed by atoms with Crippen molar-refractivity contribution in [1.82, 2.24) is 19.9 Å². The Morgan fingerprint density at radius 1 is 0.808 bits per heavy atom. The van der Waals surface area contributed by atoms with Crippen molar-refractivity contribution in [3.8, 4) is 0 Å². The highest BCUT2D eigenvalue weighted by atomic mass is 19.3. The molecule has 2 rings (SSSR count). The second-order valence-corrected chi connectivity index (χ2v) is 4.37. The first-order valence-electron chi connectivity index (χ1n) is 6.72. The third-order valence-corrected chi connectivity index (χ3v) is 2.40. The number of nitrogens with zero attached hydrogens (tertiary/aromatic N) is 2. The van der Waals surface area contributed by atoms with Crippen LogP contribution in [0.2, 0.25) is 0 Å². The fourth-order valence-corrected chi connectivity index (χ4v) is 1.37. The molecule has 0 saturated heterocycles. The lowest BCUT2D eigenvalue weighted by Gasteiger charge is -2.04. The molecule has 0 fully saturated rings. The number of halogens is 6. The van der Waals surface area contributed by atoms with Gasteiger partial charge in [0.25, 0.3) is 12.9 Å². The molecule has 0 spiro atoms. The molecule has 2 heterocycles. The lowest BCUT2D eigenvalue weighted by molar-refractivity contribution is 0.162. The predicted molar refractivity (Wildman–Crippen MR) is 78.6 cm³/mol. The van der Waals surface area contributed by atoms with Crippen LogP contribution in [0.25, 0.3) is 0 Å². The van der Waals surface area contributed by atoms with Gasteiger partial charge in [-0.1, -0.05) is 0 Å². The number of anilines is 2. The zero-order chi connectivity index (χ0) is 19.7. The van der Waals surface area contributed by atoms with E-state index in [1.54, 1.807) is 0 Å². The second kappa shape index (κ2) is 10.0. The molecular formula is C12H12F6N6O2. The molecule has 0 aromatic carbocycles. The number of aromatic amines is 2. The van der Waals surface area contributed by atoms with Crippen molar-refractivity contribution in [3.63, 3.8) is 0 Å². The van der Waals surface area contributed by atoms with Crippen LogP contribution in [0.3, 0.4) is 0 Å². The average molecular weight is 386 g/mol. The van der Waals surface area contributed by atoms with Gasteiger partial charge >= 0.3 is 11.4 Å². The Morgan fingerprint density at radius 3 is 1.46 bits per heavy atom. The Morgan fingerprint density at radius 2 is 1.15 bits per heavy atom. The maximum atomic E-state index is 12.7. The summed E-state index contributed by atoms with van der Waals surface area (Å²) in [4.78, 5) is 31.0. The minimum atomic E-state index is -2.61. The fraction of sp³-hybridized carbons (Fsp3) is 0.333. The molecule has 0 bridgehead atoms. The van der Waals surface area contributed by atoms with Crippen molar-refractivity contribution in [2.75, 3.05) is 23.7 Å². The summed E-state index contributed by atoms with van der Waals surface area (Å²) in [6, 6.07) is 0. The fourth-order valence-electron chi connectivity index (χ4n) is 1.37. The van der Waals surface area contributed by atoms with Crippen molar-refractivity contribution in [2.24, 2.45) is 0 Å². The van der Waals surface area contributed by atoms with Crippen LogP contribution in [0.5, 0.6) is 0 Å². The summed E-state index contributed by atoms with van der Waals surface area (Å²) in [7, 11) is 0. The van der Waals surface area contributed by atoms with E-state index in [2.05, 4.69) is 9.97 Å². The molecule has 26 heavy (non-hydrogen) atoms. The van der Waals surface area contributed by atoms with Gasteiger partial charge in [0, 0.05) is 0 Å². The summed E-state index contributed by atoms with van der Waals surface area (Å²) in [5.41, 5.74) is -1.59. The number of nitrogens with one attached hydrogen (secondary N) is 4. The number of aromatic nitrogens is 4. The van der Waals surface area contributed by atoms with Crippen LogP contribution < -0.4 is 22.0 Å². The summed E-state index contributed by atoms with van der Waals surface area (Å²) in [6.45, 7) is -1.45. The molecule has 0 aliphatic rings. The molecule has 0 atom stereocenters. The van der Waals surface area contributed by atoms with Crippen LogP contribution in [-0.2, 0) is 0 Å². The van der Waals surface area contributed by atoms with E-state index < -0.39 is 49.0 Å². The van der Waals surface area contributed by atoms with Crippen molar-refractivity contribution in [1.29, 1.82) is 0 Å². The van der Waals surface area contributed by atoms with Gasteiger partial charge in [0.1, 0.15) is 11.6 Å². The van der Waals surface area contributed by atoms with Crippen LogP contribution in [-0.4, -0.2) is 45.9 Å². The standard InChI is InChI=1S/2C6H6F3N3O/c2*7-3-1-11-6(13)12-5(3)10-2-4(8)9/h2*1,4H,2H2,(H2,10,11,12,13). The van der Waals surface area contributed by atoms with Gasteiger partial charge in [-0.2, -0.15) is 9.97 Å². The van der Waals surface area contributed by atoms with Crippen LogP contribution >= 0.6 is 0 Å². The normalized spacial score (nSPS) is 10.5. The van der Waals surface area contributed by atoms with Crippen LogP contribution in [0, 0.1) is 11.6 Å². The lowest BCUT2D eigenvalue weighted by Crippen LogP contribution is -2.18. The summed E-state index contributed by atoms with van der Waals surface area (Å²) < 4.78 is 72.0. The van der Waals surface area contributed by atoms with Crippen LogP contribution in [0.15, 0.2) is 22.0 Å². The smallest absolute Gasteiger partial charge is 0.346 e. The van der Waals surface area contributed by atoms with E-state index in [-0.39, 0.29) is 11.6 Å². The van der Waals surface area contributed by atoms with Gasteiger partial charge < -0.3 is 10.6 Å². The number of rotatable bonds is 6. The highest BCUT2D eigenvalue weighted by Gasteiger charge is 2.07. The zero-order valence-corrected chi connectivity index (χ0v) is 12.7. The van der Waals surface area contributed by atoms with E-state index in [1.165, 1.54) is 0 Å². The van der Waals surface area contributed by atoms with Crippen molar-refractivity contribution >= 4 is 11.6 Å². The molecule has 0 radical (unpaired) electrons.